The summed E-state index contributed by atoms with van der Waals surface area (Å²) in [6, 6.07) is 28.4. The van der Waals surface area contributed by atoms with E-state index in [-0.39, 0.29) is 0 Å². The van der Waals surface area contributed by atoms with E-state index in [0.29, 0.717) is 0 Å². The Hall–Kier alpha value is -3.12. The van der Waals surface area contributed by atoms with E-state index in [2.05, 4.69) is 79.4 Å². The van der Waals surface area contributed by atoms with Gasteiger partial charge in [-0.25, -0.2) is 0 Å². The van der Waals surface area contributed by atoms with Gasteiger partial charge in [0.25, 0.3) is 0 Å². The highest BCUT2D eigenvalue weighted by Crippen LogP contribution is 2.38. The summed E-state index contributed by atoms with van der Waals surface area (Å²) in [4.78, 5) is 2.48. The Balaban J connectivity index is 1.56. The van der Waals surface area contributed by atoms with E-state index in [0.717, 1.165) is 10.4 Å². The van der Waals surface area contributed by atoms with Gasteiger partial charge in [0.2, 0.25) is 0 Å². The number of aryl methyl sites for hydroxylation is 1. The molecule has 0 N–H and O–H groups in total. The molecule has 6 aromatic rings. The zero-order valence-corrected chi connectivity index (χ0v) is 17.5. The molecule has 0 spiro atoms. The second kappa shape index (κ2) is 6.46. The molecule has 4 aromatic carbocycles. The van der Waals surface area contributed by atoms with Gasteiger partial charge in [-0.3, -0.25) is 0 Å². The molecular weight excluding hydrogens is 388 g/mol. The van der Waals surface area contributed by atoms with Crippen LogP contribution in [0.1, 0.15) is 15.3 Å². The third-order valence-corrected chi connectivity index (χ3v) is 7.54. The largest absolute Gasteiger partial charge is 0.140 e. The molecule has 2 aromatic heterocycles. The van der Waals surface area contributed by atoms with E-state index in [1.165, 1.54) is 46.6 Å². The zero-order valence-electron chi connectivity index (χ0n) is 15.8. The van der Waals surface area contributed by atoms with Crippen LogP contribution in [0.2, 0.25) is 0 Å². The standard InChI is InChI=1S/C27H16S2/c1-17-13-21-10-8-19-16-25-20(15-24(19)26(21)28-17)9-11-22-14-23(29-27(22)25)12-7-18-5-3-2-4-6-18/h2-6,8-11,13-16H,1H3. The predicted molar refractivity (Wildman–Crippen MR) is 129 cm³/mol. The zero-order chi connectivity index (χ0) is 19.4. The number of hydrogen-bond donors (Lipinski definition) is 0. The van der Waals surface area contributed by atoms with Crippen LogP contribution in [0.25, 0.3) is 41.7 Å². The van der Waals surface area contributed by atoms with Crippen molar-refractivity contribution in [2.24, 2.45) is 0 Å². The molecule has 0 bridgehead atoms. The maximum absolute atomic E-state index is 3.35. The molecule has 0 saturated heterocycles. The van der Waals surface area contributed by atoms with E-state index in [1.54, 1.807) is 11.3 Å². The average molecular weight is 405 g/mol. The maximum Gasteiger partial charge on any atom is 0.0785 e. The van der Waals surface area contributed by atoms with Crippen molar-refractivity contribution in [2.75, 3.05) is 0 Å². The highest BCUT2D eigenvalue weighted by Gasteiger charge is 2.09. The first kappa shape index (κ1) is 16.8. The Morgan fingerprint density at radius 3 is 1.93 bits per heavy atom. The number of hydrogen-bond acceptors (Lipinski definition) is 2. The van der Waals surface area contributed by atoms with Crippen LogP contribution in [0.3, 0.4) is 0 Å². The van der Waals surface area contributed by atoms with Crippen molar-refractivity contribution in [3.63, 3.8) is 0 Å². The molecule has 29 heavy (non-hydrogen) atoms. The molecule has 2 heterocycles. The van der Waals surface area contributed by atoms with Gasteiger partial charge in [0.15, 0.2) is 0 Å². The van der Waals surface area contributed by atoms with Crippen molar-refractivity contribution < 1.29 is 0 Å². The molecule has 0 aliphatic heterocycles. The SMILES string of the molecule is Cc1cc2ccc3cc4c(ccc5cc(C#Cc6ccccc6)sc54)cc3c2s1. The Kier molecular flexibility index (Phi) is 3.74. The van der Waals surface area contributed by atoms with Crippen molar-refractivity contribution in [1.82, 2.24) is 0 Å². The molecule has 0 atom stereocenters. The quantitative estimate of drug-likeness (QED) is 0.177. The minimum atomic E-state index is 1.05. The summed E-state index contributed by atoms with van der Waals surface area (Å²) in [5, 5.41) is 7.90. The molecule has 2 heteroatoms. The third kappa shape index (κ3) is 2.83. The predicted octanol–water partition coefficient (Wildman–Crippen LogP) is 8.13. The van der Waals surface area contributed by atoms with Crippen LogP contribution in [0.15, 0.2) is 78.9 Å². The molecule has 0 amide bonds. The first-order valence-electron chi connectivity index (χ1n) is 9.61. The fourth-order valence-corrected chi connectivity index (χ4v) is 6.06. The minimum absolute atomic E-state index is 1.05. The fraction of sp³-hybridized carbons (Fsp3) is 0.0370. The third-order valence-electron chi connectivity index (χ3n) is 5.34. The smallest absolute Gasteiger partial charge is 0.0785 e. The highest BCUT2D eigenvalue weighted by molar-refractivity contribution is 7.20. The maximum atomic E-state index is 3.35. The second-order valence-corrected chi connectivity index (χ2v) is 9.65. The molecule has 0 unspecified atom stereocenters. The van der Waals surface area contributed by atoms with Gasteiger partial charge in [-0.15, -0.1) is 22.7 Å². The summed E-state index contributed by atoms with van der Waals surface area (Å²) in [6.07, 6.45) is 0. The summed E-state index contributed by atoms with van der Waals surface area (Å²) < 4.78 is 2.71. The Bertz CT molecular complexity index is 1600. The summed E-state index contributed by atoms with van der Waals surface area (Å²) in [5.74, 6) is 6.63. The molecule has 0 fully saturated rings. The van der Waals surface area contributed by atoms with Crippen LogP contribution < -0.4 is 0 Å². The lowest BCUT2D eigenvalue weighted by molar-refractivity contribution is 1.65. The molecule has 0 aliphatic carbocycles. The lowest BCUT2D eigenvalue weighted by Crippen LogP contribution is -1.77. The van der Waals surface area contributed by atoms with Crippen molar-refractivity contribution in [3.8, 4) is 11.8 Å². The van der Waals surface area contributed by atoms with Crippen molar-refractivity contribution >= 4 is 64.4 Å². The highest BCUT2D eigenvalue weighted by atomic mass is 32.1. The molecular formula is C27H16S2. The average Bonchev–Trinajstić information content (AvgIpc) is 3.34. The van der Waals surface area contributed by atoms with E-state index in [9.17, 15) is 0 Å². The molecule has 0 saturated carbocycles. The van der Waals surface area contributed by atoms with Gasteiger partial charge in [-0.1, -0.05) is 54.3 Å². The summed E-state index contributed by atoms with van der Waals surface area (Å²) in [7, 11) is 0. The number of fused-ring (bicyclic) bond motifs is 6. The summed E-state index contributed by atoms with van der Waals surface area (Å²) in [6.45, 7) is 2.19. The number of thiophene rings is 2. The van der Waals surface area contributed by atoms with Gasteiger partial charge in [0.1, 0.15) is 0 Å². The summed E-state index contributed by atoms with van der Waals surface area (Å²) >= 11 is 3.68. The molecule has 136 valence electrons. The Labute approximate surface area is 177 Å². The van der Waals surface area contributed by atoms with Gasteiger partial charge in [0.05, 0.1) is 4.88 Å². The van der Waals surface area contributed by atoms with Gasteiger partial charge in [0, 0.05) is 30.6 Å². The Morgan fingerprint density at radius 2 is 1.21 bits per heavy atom. The van der Waals surface area contributed by atoms with Crippen molar-refractivity contribution in [3.05, 3.63) is 94.2 Å². The first-order chi connectivity index (χ1) is 14.2. The monoisotopic (exact) mass is 404 g/mol. The molecule has 6 rings (SSSR count). The number of benzene rings is 4. The van der Waals surface area contributed by atoms with E-state index in [4.69, 9.17) is 0 Å². The number of rotatable bonds is 0. The van der Waals surface area contributed by atoms with Crippen LogP contribution in [0.4, 0.5) is 0 Å². The molecule has 0 nitrogen and oxygen atoms in total. The second-order valence-electron chi connectivity index (χ2n) is 7.35. The fourth-order valence-electron chi connectivity index (χ4n) is 3.99. The van der Waals surface area contributed by atoms with E-state index < -0.39 is 0 Å². The lowest BCUT2D eigenvalue weighted by atomic mass is 10.0. The molecule has 0 aliphatic rings. The van der Waals surface area contributed by atoms with E-state index in [1.807, 2.05) is 29.5 Å². The normalized spacial score (nSPS) is 11.3. The summed E-state index contributed by atoms with van der Waals surface area (Å²) in [5.41, 5.74) is 1.05. The Morgan fingerprint density at radius 1 is 0.586 bits per heavy atom. The topological polar surface area (TPSA) is 0 Å². The minimum Gasteiger partial charge on any atom is -0.140 e. The van der Waals surface area contributed by atoms with Crippen molar-refractivity contribution in [1.29, 1.82) is 0 Å². The van der Waals surface area contributed by atoms with Gasteiger partial charge < -0.3 is 0 Å². The van der Waals surface area contributed by atoms with Gasteiger partial charge in [-0.2, -0.15) is 0 Å². The lowest BCUT2D eigenvalue weighted by Gasteiger charge is -2.05. The molecule has 0 radical (unpaired) electrons. The van der Waals surface area contributed by atoms with Crippen LogP contribution >= 0.6 is 22.7 Å². The van der Waals surface area contributed by atoms with Crippen LogP contribution in [-0.2, 0) is 0 Å². The van der Waals surface area contributed by atoms with Crippen LogP contribution in [-0.4, -0.2) is 0 Å². The van der Waals surface area contributed by atoms with Crippen molar-refractivity contribution in [2.45, 2.75) is 6.92 Å². The van der Waals surface area contributed by atoms with Crippen LogP contribution in [0, 0.1) is 18.8 Å². The van der Waals surface area contributed by atoms with Gasteiger partial charge in [-0.05, 0) is 64.9 Å². The van der Waals surface area contributed by atoms with Crippen LogP contribution in [0.5, 0.6) is 0 Å². The first-order valence-corrected chi connectivity index (χ1v) is 11.2. The van der Waals surface area contributed by atoms with Gasteiger partial charge >= 0.3 is 0 Å². The van der Waals surface area contributed by atoms with E-state index >= 15 is 0 Å².